The van der Waals surface area contributed by atoms with Gasteiger partial charge in [0.15, 0.2) is 31.5 Å². The van der Waals surface area contributed by atoms with Crippen LogP contribution in [-0.2, 0) is 42.6 Å². The van der Waals surface area contributed by atoms with E-state index in [9.17, 15) is 86.8 Å². The van der Waals surface area contributed by atoms with E-state index in [4.69, 9.17) is 42.6 Å². The van der Waals surface area contributed by atoms with Crippen molar-refractivity contribution in [2.75, 3.05) is 33.0 Å². The zero-order valence-electron chi connectivity index (χ0n) is 29.2. The van der Waals surface area contributed by atoms with Crippen LogP contribution in [0.4, 0.5) is 0 Å². The third kappa shape index (κ3) is 9.31. The highest BCUT2D eigenvalue weighted by atomic mass is 16.8. The molecule has 26 nitrogen and oxygen atoms in total. The van der Waals surface area contributed by atoms with Crippen molar-refractivity contribution in [2.24, 2.45) is 0 Å². The summed E-state index contributed by atoms with van der Waals surface area (Å²) in [6.07, 6.45) is -46.4. The molecule has 0 aliphatic carbocycles. The lowest BCUT2D eigenvalue weighted by Gasteiger charge is -2.48. The zero-order valence-corrected chi connectivity index (χ0v) is 29.2. The predicted molar refractivity (Wildman–Crippen MR) is 167 cm³/mol. The van der Waals surface area contributed by atoms with Crippen LogP contribution in [0.1, 0.15) is 0 Å². The second kappa shape index (κ2) is 19.6. The maximum atomic E-state index is 11.3. The molecule has 0 spiro atoms. The second-order valence-electron chi connectivity index (χ2n) is 14.0. The number of aliphatic hydroxyl groups is 17. The molecular weight excluding hydrogens is 776 g/mol. The molecule has 56 heavy (non-hydrogen) atoms. The molecule has 0 aromatic heterocycles. The van der Waals surface area contributed by atoms with Crippen molar-refractivity contribution in [3.05, 3.63) is 0 Å². The Morgan fingerprint density at radius 1 is 0.304 bits per heavy atom. The van der Waals surface area contributed by atoms with Gasteiger partial charge in [0, 0.05) is 0 Å². The maximum Gasteiger partial charge on any atom is 0.187 e. The Balaban J connectivity index is 1.29. The molecule has 26 heteroatoms. The Morgan fingerprint density at radius 3 is 1.18 bits per heavy atom. The van der Waals surface area contributed by atoms with Gasteiger partial charge >= 0.3 is 0 Å². The number of rotatable bonds is 13. The molecule has 0 radical (unpaired) electrons. The minimum Gasteiger partial charge on any atom is -0.394 e. The molecule has 0 amide bonds. The van der Waals surface area contributed by atoms with Crippen LogP contribution >= 0.6 is 0 Å². The Morgan fingerprint density at radius 2 is 0.679 bits per heavy atom. The Bertz CT molecular complexity index is 1200. The van der Waals surface area contributed by atoms with Gasteiger partial charge in [0.05, 0.1) is 33.0 Å². The molecule has 0 aromatic carbocycles. The first-order chi connectivity index (χ1) is 26.5. The van der Waals surface area contributed by atoms with Crippen LogP contribution in [0.25, 0.3) is 0 Å². The van der Waals surface area contributed by atoms with Crippen molar-refractivity contribution in [1.82, 2.24) is 0 Å². The number of ether oxygens (including phenoxy) is 9. The Hall–Kier alpha value is -1.04. The van der Waals surface area contributed by atoms with Crippen LogP contribution in [-0.4, -0.2) is 273 Å². The van der Waals surface area contributed by atoms with Crippen LogP contribution in [0.15, 0.2) is 0 Å². The first-order valence-electron chi connectivity index (χ1n) is 17.6. The van der Waals surface area contributed by atoms with E-state index in [0.29, 0.717) is 0 Å². The van der Waals surface area contributed by atoms with E-state index >= 15 is 0 Å². The molecular formula is C30H52O26. The van der Waals surface area contributed by atoms with Crippen molar-refractivity contribution < 1.29 is 129 Å². The fourth-order valence-electron chi connectivity index (χ4n) is 6.89. The summed E-state index contributed by atoms with van der Waals surface area (Å²) in [4.78, 5) is 0. The largest absolute Gasteiger partial charge is 0.394 e. The third-order valence-electron chi connectivity index (χ3n) is 10.3. The van der Waals surface area contributed by atoms with E-state index in [0.717, 1.165) is 0 Å². The lowest BCUT2D eigenvalue weighted by Crippen LogP contribution is -2.67. The van der Waals surface area contributed by atoms with Crippen LogP contribution in [0.2, 0.25) is 0 Å². The highest BCUT2D eigenvalue weighted by Gasteiger charge is 2.55. The van der Waals surface area contributed by atoms with Gasteiger partial charge in [-0.25, -0.2) is 0 Å². The fourth-order valence-corrected chi connectivity index (χ4v) is 6.89. The lowest BCUT2D eigenvalue weighted by atomic mass is 9.96. The van der Waals surface area contributed by atoms with Gasteiger partial charge in [0.1, 0.15) is 122 Å². The second-order valence-corrected chi connectivity index (χ2v) is 14.0. The molecule has 17 N–H and O–H groups in total. The molecule has 25 atom stereocenters. The third-order valence-corrected chi connectivity index (χ3v) is 10.3. The van der Waals surface area contributed by atoms with Crippen LogP contribution in [0.5, 0.6) is 0 Å². The smallest absolute Gasteiger partial charge is 0.187 e. The summed E-state index contributed by atoms with van der Waals surface area (Å²) in [5, 5.41) is 176. The summed E-state index contributed by atoms with van der Waals surface area (Å²) in [6, 6.07) is 0. The predicted octanol–water partition coefficient (Wildman–Crippen LogP) is -11.9. The summed E-state index contributed by atoms with van der Waals surface area (Å²) >= 11 is 0. The standard InChI is InChI=1S/C30H52O26/c31-1-6-11(35)16(40)19(43)28(51-6)54-24-14(38)9(4-34)50-27(22(24)46)48-5-10-15(39)23(21(45)26(47)49-10)55-30-25(18(42)13(37)8(3-33)53-30)56-29-20(44)17(41)12(36)7(2-32)52-29/h6-47H,1-5H2/t6-,7-,8-,9-,10-,11-,12-,13-,14-,15-,16+,17+,18+,19+,20+,21+,22+,23+,24+,25+,26?,27+,28-,29-,30-/m1/s1. The van der Waals surface area contributed by atoms with Gasteiger partial charge in [-0.3, -0.25) is 0 Å². The van der Waals surface area contributed by atoms with Gasteiger partial charge in [-0.2, -0.15) is 0 Å². The first kappa shape index (κ1) is 46.0. The van der Waals surface area contributed by atoms with E-state index in [-0.39, 0.29) is 0 Å². The molecule has 5 heterocycles. The minimum atomic E-state index is -2.15. The summed E-state index contributed by atoms with van der Waals surface area (Å²) < 4.78 is 49.1. The van der Waals surface area contributed by atoms with Gasteiger partial charge in [0.2, 0.25) is 0 Å². The van der Waals surface area contributed by atoms with Crippen LogP contribution in [0, 0.1) is 0 Å². The van der Waals surface area contributed by atoms with Gasteiger partial charge in [0.25, 0.3) is 0 Å². The summed E-state index contributed by atoms with van der Waals surface area (Å²) in [5.41, 5.74) is 0. The molecule has 5 aliphatic rings. The summed E-state index contributed by atoms with van der Waals surface area (Å²) in [5.74, 6) is 0. The van der Waals surface area contributed by atoms with Crippen molar-refractivity contribution in [3.8, 4) is 0 Å². The highest BCUT2D eigenvalue weighted by Crippen LogP contribution is 2.34. The topological polar surface area (TPSA) is 427 Å². The van der Waals surface area contributed by atoms with Crippen molar-refractivity contribution >= 4 is 0 Å². The zero-order chi connectivity index (χ0) is 41.3. The molecule has 5 aliphatic heterocycles. The summed E-state index contributed by atoms with van der Waals surface area (Å²) in [7, 11) is 0. The molecule has 0 aromatic rings. The van der Waals surface area contributed by atoms with Crippen LogP contribution < -0.4 is 0 Å². The average Bonchev–Trinajstić information content (AvgIpc) is 3.18. The van der Waals surface area contributed by atoms with Crippen molar-refractivity contribution in [2.45, 2.75) is 154 Å². The Labute approximate surface area is 316 Å². The van der Waals surface area contributed by atoms with E-state index < -0.39 is 187 Å². The molecule has 0 bridgehead atoms. The monoisotopic (exact) mass is 828 g/mol. The average molecular weight is 829 g/mol. The number of aliphatic hydroxyl groups excluding tert-OH is 17. The number of hydrogen-bond donors (Lipinski definition) is 17. The first-order valence-corrected chi connectivity index (χ1v) is 17.6. The molecule has 5 rings (SSSR count). The molecule has 0 saturated carbocycles. The number of hydrogen-bond acceptors (Lipinski definition) is 26. The fraction of sp³-hybridized carbons (Fsp3) is 1.00. The minimum absolute atomic E-state index is 0.826. The quantitative estimate of drug-likeness (QED) is 0.0819. The van der Waals surface area contributed by atoms with Gasteiger partial charge in [-0.1, -0.05) is 0 Å². The molecule has 1 unspecified atom stereocenters. The van der Waals surface area contributed by atoms with Crippen molar-refractivity contribution in [3.63, 3.8) is 0 Å². The van der Waals surface area contributed by atoms with Gasteiger partial charge < -0.3 is 129 Å². The van der Waals surface area contributed by atoms with E-state index in [1.165, 1.54) is 0 Å². The van der Waals surface area contributed by atoms with Gasteiger partial charge in [-0.15, -0.1) is 0 Å². The molecule has 5 saturated heterocycles. The molecule has 5 fully saturated rings. The highest BCUT2D eigenvalue weighted by molar-refractivity contribution is 4.98. The summed E-state index contributed by atoms with van der Waals surface area (Å²) in [6.45, 7) is -4.33. The van der Waals surface area contributed by atoms with Crippen LogP contribution in [0.3, 0.4) is 0 Å². The maximum absolute atomic E-state index is 11.3. The normalized spacial score (nSPS) is 53.2. The van der Waals surface area contributed by atoms with E-state index in [1.54, 1.807) is 0 Å². The van der Waals surface area contributed by atoms with Crippen molar-refractivity contribution in [1.29, 1.82) is 0 Å². The Kier molecular flexibility index (Phi) is 16.1. The van der Waals surface area contributed by atoms with E-state index in [2.05, 4.69) is 0 Å². The molecule has 328 valence electrons. The van der Waals surface area contributed by atoms with E-state index in [1.807, 2.05) is 0 Å². The lowest BCUT2D eigenvalue weighted by molar-refractivity contribution is -0.390. The SMILES string of the molecule is OC[C@H]1O[C@H](O[C@@H]2[C@H](O)[C@@H](OC[C@H]3OC(O)[C@@H](O)[C@@H](O[C@H]4O[C@H](CO)[C@@H](O)[C@H](O)[C@@H]4O[C@H]4O[C@H](CO)[C@@H](O)[C@H](O)[C@@H]4O)[C@@H]3O)O[C@H](CO)[C@H]2O)[C@@H](O)[C@@H](O)[C@@H]1O. The van der Waals surface area contributed by atoms with Gasteiger partial charge in [-0.05, 0) is 0 Å².